The van der Waals surface area contributed by atoms with Crippen molar-refractivity contribution in [3.63, 3.8) is 0 Å². The molecule has 0 aromatic rings. The van der Waals surface area contributed by atoms with Crippen LogP contribution in [-0.2, 0) is 18.6 Å². The molecule has 0 aromatic heterocycles. The summed E-state index contributed by atoms with van der Waals surface area (Å²) in [5, 5.41) is 0. The van der Waals surface area contributed by atoms with E-state index in [1.165, 1.54) is 0 Å². The predicted octanol–water partition coefficient (Wildman–Crippen LogP) is 3.73. The Hall–Kier alpha value is 0.584. The van der Waals surface area contributed by atoms with Gasteiger partial charge in [-0.1, -0.05) is 33.6 Å². The third-order valence-electron chi connectivity index (χ3n) is 1.68. The second-order valence-corrected chi connectivity index (χ2v) is 2.58. The van der Waals surface area contributed by atoms with Crippen LogP contribution < -0.4 is 0 Å². The molecule has 0 saturated heterocycles. The number of rotatable bonds is 3. The Morgan fingerprint density at radius 1 is 1.00 bits per heavy atom. The van der Waals surface area contributed by atoms with Crippen LogP contribution in [0.1, 0.15) is 40.5 Å². The van der Waals surface area contributed by atoms with Crippen LogP contribution in [0.4, 0.5) is 0 Å². The summed E-state index contributed by atoms with van der Waals surface area (Å²) in [6.45, 7) is 16.1. The van der Waals surface area contributed by atoms with E-state index in [1.807, 2.05) is 13.8 Å². The van der Waals surface area contributed by atoms with Crippen molar-refractivity contribution in [1.82, 2.24) is 0 Å². The van der Waals surface area contributed by atoms with Gasteiger partial charge in [-0.15, -0.1) is 0 Å². The minimum atomic E-state index is 0. The zero-order chi connectivity index (χ0) is 8.57. The van der Waals surface area contributed by atoms with E-state index in [4.69, 9.17) is 0 Å². The molecule has 0 amide bonds. The fourth-order valence-corrected chi connectivity index (χ4v) is 0.811. The molecule has 0 aromatic carbocycles. The van der Waals surface area contributed by atoms with Gasteiger partial charge in [0.25, 0.3) is 0 Å². The summed E-state index contributed by atoms with van der Waals surface area (Å²) in [5.41, 5.74) is 0. The minimum Gasteiger partial charge on any atom is -0.343 e. The van der Waals surface area contributed by atoms with Crippen LogP contribution in [0.15, 0.2) is 0 Å². The molecule has 11 heavy (non-hydrogen) atoms. The maximum Gasteiger partial charge on any atom is 2.00 e. The van der Waals surface area contributed by atoms with E-state index in [-0.39, 0.29) is 18.6 Å². The monoisotopic (exact) mass is 193 g/mol. The normalized spacial score (nSPS) is 8.73. The maximum absolute atomic E-state index is 3.84. The minimum absolute atomic E-state index is 0. The van der Waals surface area contributed by atoms with E-state index in [0.717, 1.165) is 24.7 Å². The molecule has 0 saturated carbocycles. The molecular weight excluding hydrogens is 171 g/mol. The average Bonchev–Trinajstić information content (AvgIpc) is 1.94. The molecule has 1 radical (unpaired) electrons. The van der Waals surface area contributed by atoms with Crippen molar-refractivity contribution in [1.29, 1.82) is 0 Å². The molecule has 0 N–H and O–H groups in total. The van der Waals surface area contributed by atoms with E-state index in [0.29, 0.717) is 0 Å². The van der Waals surface area contributed by atoms with E-state index in [9.17, 15) is 0 Å². The number of hydrogen-bond donors (Lipinski definition) is 0. The van der Waals surface area contributed by atoms with E-state index in [1.54, 1.807) is 0 Å². The fourth-order valence-electron chi connectivity index (χ4n) is 0.811. The van der Waals surface area contributed by atoms with Gasteiger partial charge < -0.3 is 13.8 Å². The van der Waals surface area contributed by atoms with Crippen molar-refractivity contribution in [3.05, 3.63) is 13.8 Å². The van der Waals surface area contributed by atoms with Crippen molar-refractivity contribution < 1.29 is 18.6 Å². The van der Waals surface area contributed by atoms with E-state index < -0.39 is 0 Å². The van der Waals surface area contributed by atoms with Crippen LogP contribution in [0.5, 0.6) is 0 Å². The Labute approximate surface area is 85.0 Å². The van der Waals surface area contributed by atoms with Crippen molar-refractivity contribution in [2.45, 2.75) is 40.5 Å². The molecule has 0 nitrogen and oxygen atoms in total. The molecule has 0 spiro atoms. The Balaban J connectivity index is -0.000000196. The first kappa shape index (κ1) is 17.6. The Kier molecular flexibility index (Phi) is 21.1. The van der Waals surface area contributed by atoms with Crippen LogP contribution in [0, 0.1) is 25.7 Å². The molecule has 0 atom stereocenters. The molecule has 0 bridgehead atoms. The Morgan fingerprint density at radius 3 is 1.27 bits per heavy atom. The van der Waals surface area contributed by atoms with Crippen LogP contribution in [0.3, 0.4) is 0 Å². The summed E-state index contributed by atoms with van der Waals surface area (Å²) in [4.78, 5) is 0. The van der Waals surface area contributed by atoms with Crippen LogP contribution in [-0.4, -0.2) is 0 Å². The smallest absolute Gasteiger partial charge is 0.343 e. The summed E-state index contributed by atoms with van der Waals surface area (Å²) < 4.78 is 0. The van der Waals surface area contributed by atoms with Crippen molar-refractivity contribution in [2.75, 3.05) is 0 Å². The van der Waals surface area contributed by atoms with Crippen LogP contribution in [0.2, 0.25) is 0 Å². The SMILES string of the molecule is CC.[CH2-]CC(C[CH2-])C(C)C.[V+2]. The number of hydrogen-bond acceptors (Lipinski definition) is 0. The first-order chi connectivity index (χ1) is 4.72. The quantitative estimate of drug-likeness (QED) is 0.599. The first-order valence-corrected chi connectivity index (χ1v) is 4.30. The Bertz CT molecular complexity index is 46.8. The molecule has 0 heterocycles. The molecule has 0 unspecified atom stereocenters. The summed E-state index contributed by atoms with van der Waals surface area (Å²) in [6.07, 6.45) is 2.06. The van der Waals surface area contributed by atoms with Gasteiger partial charge in [-0.3, -0.25) is 0 Å². The standard InChI is InChI=1S/C8H16.C2H6.V/c1-5-8(6-2)7(3)4;1-2;/h7-8H,1-2,5-6H2,3-4H3;1-2H3;/q-2;;+2. The van der Waals surface area contributed by atoms with Crippen molar-refractivity contribution in [2.24, 2.45) is 11.8 Å². The average molecular weight is 193 g/mol. The zero-order valence-electron chi connectivity index (χ0n) is 8.43. The summed E-state index contributed by atoms with van der Waals surface area (Å²) in [5.74, 6) is 1.49. The molecular formula is C10H22V. The van der Waals surface area contributed by atoms with Crippen molar-refractivity contribution >= 4 is 0 Å². The second kappa shape index (κ2) is 13.2. The summed E-state index contributed by atoms with van der Waals surface area (Å²) in [6, 6.07) is 0. The summed E-state index contributed by atoms with van der Waals surface area (Å²) >= 11 is 0. The molecule has 0 aliphatic rings. The van der Waals surface area contributed by atoms with Gasteiger partial charge >= 0.3 is 18.6 Å². The molecule has 67 valence electrons. The molecule has 0 rings (SSSR count). The van der Waals surface area contributed by atoms with E-state index >= 15 is 0 Å². The van der Waals surface area contributed by atoms with Crippen molar-refractivity contribution in [3.8, 4) is 0 Å². The van der Waals surface area contributed by atoms with Gasteiger partial charge in [0.1, 0.15) is 0 Å². The first-order valence-electron chi connectivity index (χ1n) is 4.30. The van der Waals surface area contributed by atoms with Gasteiger partial charge in [0, 0.05) is 0 Å². The predicted molar refractivity (Wildman–Crippen MR) is 49.6 cm³/mol. The third kappa shape index (κ3) is 10.6. The molecule has 0 aliphatic carbocycles. The van der Waals surface area contributed by atoms with Gasteiger partial charge in [-0.05, 0) is 5.92 Å². The van der Waals surface area contributed by atoms with Gasteiger partial charge in [0.2, 0.25) is 0 Å². The zero-order valence-corrected chi connectivity index (χ0v) is 9.83. The van der Waals surface area contributed by atoms with Crippen LogP contribution in [0.25, 0.3) is 0 Å². The van der Waals surface area contributed by atoms with E-state index in [2.05, 4.69) is 27.7 Å². The van der Waals surface area contributed by atoms with Gasteiger partial charge in [-0.2, -0.15) is 12.8 Å². The van der Waals surface area contributed by atoms with Gasteiger partial charge in [0.05, 0.1) is 0 Å². The molecule has 0 aliphatic heterocycles. The largest absolute Gasteiger partial charge is 2.00 e. The fraction of sp³-hybridized carbons (Fsp3) is 0.800. The maximum atomic E-state index is 3.84. The van der Waals surface area contributed by atoms with Gasteiger partial charge in [-0.25, -0.2) is 0 Å². The molecule has 0 fully saturated rings. The molecule has 1 heteroatoms. The second-order valence-electron chi connectivity index (χ2n) is 2.58. The topological polar surface area (TPSA) is 0 Å². The van der Waals surface area contributed by atoms with Crippen LogP contribution >= 0.6 is 0 Å². The van der Waals surface area contributed by atoms with Gasteiger partial charge in [0.15, 0.2) is 0 Å². The Morgan fingerprint density at radius 2 is 1.27 bits per heavy atom. The summed E-state index contributed by atoms with van der Waals surface area (Å²) in [7, 11) is 0. The third-order valence-corrected chi connectivity index (χ3v) is 1.68.